The van der Waals surface area contributed by atoms with Crippen LogP contribution in [0.25, 0.3) is 0 Å². The minimum atomic E-state index is 0.00579. The van der Waals surface area contributed by atoms with Gasteiger partial charge in [-0.05, 0) is 39.0 Å². The zero-order valence-corrected chi connectivity index (χ0v) is 11.6. The third-order valence-electron chi connectivity index (χ3n) is 3.00. The van der Waals surface area contributed by atoms with E-state index in [1.165, 1.54) is 0 Å². The van der Waals surface area contributed by atoms with Crippen LogP contribution in [0.1, 0.15) is 30.8 Å². The molecule has 1 heterocycles. The molecule has 1 atom stereocenters. The van der Waals surface area contributed by atoms with Crippen LogP contribution in [0.5, 0.6) is 0 Å². The van der Waals surface area contributed by atoms with Crippen LogP contribution in [0.15, 0.2) is 36.4 Å². The van der Waals surface area contributed by atoms with Gasteiger partial charge < -0.3 is 5.32 Å². The number of nitrogens with zero attached hydrogens (tertiary/aromatic N) is 2. The molecule has 4 nitrogen and oxygen atoms in total. The molecule has 100 valence electrons. The van der Waals surface area contributed by atoms with Crippen LogP contribution in [0.4, 0.5) is 5.69 Å². The van der Waals surface area contributed by atoms with Crippen LogP contribution >= 0.6 is 0 Å². The number of nitrogens with one attached hydrogen (secondary N) is 1. The maximum Gasteiger partial charge on any atom is 0.226 e. The van der Waals surface area contributed by atoms with E-state index in [0.29, 0.717) is 6.42 Å². The van der Waals surface area contributed by atoms with Crippen molar-refractivity contribution in [3.63, 3.8) is 0 Å². The lowest BCUT2D eigenvalue weighted by Crippen LogP contribution is -2.19. The first-order valence-electron chi connectivity index (χ1n) is 6.44. The Morgan fingerprint density at radius 2 is 2.00 bits per heavy atom. The van der Waals surface area contributed by atoms with Crippen molar-refractivity contribution in [1.29, 1.82) is 0 Å². The molecule has 1 unspecified atom stereocenters. The Bertz CT molecular complexity index is 560. The molecule has 0 aliphatic heterocycles. The summed E-state index contributed by atoms with van der Waals surface area (Å²) in [6, 6.07) is 11.6. The number of hydrogen-bond donors (Lipinski definition) is 1. The number of aromatic nitrogens is 2. The minimum absolute atomic E-state index is 0.00579. The lowest BCUT2D eigenvalue weighted by molar-refractivity contribution is -0.116. The molecule has 4 heteroatoms. The quantitative estimate of drug-likeness (QED) is 0.915. The third kappa shape index (κ3) is 3.44. The minimum Gasteiger partial charge on any atom is -0.326 e. The Morgan fingerprint density at radius 1 is 1.32 bits per heavy atom. The summed E-state index contributed by atoms with van der Waals surface area (Å²) >= 11 is 0. The van der Waals surface area contributed by atoms with Crippen LogP contribution in [-0.2, 0) is 4.79 Å². The van der Waals surface area contributed by atoms with Crippen molar-refractivity contribution in [3.05, 3.63) is 47.8 Å². The average Bonchev–Trinajstić information content (AvgIpc) is 2.69. The molecule has 1 amide bonds. The molecular formula is C15H19N3O. The highest BCUT2D eigenvalue weighted by Gasteiger charge is 2.13. The second-order valence-electron chi connectivity index (χ2n) is 4.84. The number of para-hydroxylation sites is 1. The van der Waals surface area contributed by atoms with Gasteiger partial charge in [0.15, 0.2) is 0 Å². The molecule has 0 fully saturated rings. The molecule has 0 spiro atoms. The Labute approximate surface area is 113 Å². The highest BCUT2D eigenvalue weighted by Crippen LogP contribution is 2.15. The van der Waals surface area contributed by atoms with Crippen LogP contribution in [0, 0.1) is 13.8 Å². The smallest absolute Gasteiger partial charge is 0.226 e. The summed E-state index contributed by atoms with van der Waals surface area (Å²) in [4.78, 5) is 12.0. The first-order valence-corrected chi connectivity index (χ1v) is 6.44. The van der Waals surface area contributed by atoms with Gasteiger partial charge >= 0.3 is 0 Å². The molecule has 1 aromatic carbocycles. The van der Waals surface area contributed by atoms with Crippen molar-refractivity contribution in [1.82, 2.24) is 9.78 Å². The molecule has 0 saturated carbocycles. The maximum atomic E-state index is 12.0. The van der Waals surface area contributed by atoms with Crippen molar-refractivity contribution in [2.24, 2.45) is 0 Å². The zero-order valence-electron chi connectivity index (χ0n) is 11.6. The third-order valence-corrected chi connectivity index (χ3v) is 3.00. The SMILES string of the molecule is Cc1cc(C)n(C(C)CC(=O)Nc2ccccc2)n1. The normalized spacial score (nSPS) is 12.2. The Hall–Kier alpha value is -2.10. The zero-order chi connectivity index (χ0) is 13.8. The van der Waals surface area contributed by atoms with E-state index in [1.807, 2.05) is 61.9 Å². The molecule has 2 aromatic rings. The fraction of sp³-hybridized carbons (Fsp3) is 0.333. The number of rotatable bonds is 4. The van der Waals surface area contributed by atoms with E-state index in [4.69, 9.17) is 0 Å². The lowest BCUT2D eigenvalue weighted by atomic mass is 10.2. The molecule has 0 radical (unpaired) electrons. The van der Waals surface area contributed by atoms with E-state index in [0.717, 1.165) is 17.1 Å². The van der Waals surface area contributed by atoms with Gasteiger partial charge in [-0.3, -0.25) is 9.48 Å². The second-order valence-corrected chi connectivity index (χ2v) is 4.84. The number of benzene rings is 1. The summed E-state index contributed by atoms with van der Waals surface area (Å²) in [7, 11) is 0. The molecule has 0 saturated heterocycles. The summed E-state index contributed by atoms with van der Waals surface area (Å²) in [5.74, 6) is 0.00579. The first kappa shape index (κ1) is 13.3. The van der Waals surface area contributed by atoms with Crippen LogP contribution in [-0.4, -0.2) is 15.7 Å². The van der Waals surface area contributed by atoms with Gasteiger partial charge in [0.1, 0.15) is 0 Å². The predicted octanol–water partition coefficient (Wildman–Crippen LogP) is 3.09. The largest absolute Gasteiger partial charge is 0.326 e. The van der Waals surface area contributed by atoms with Gasteiger partial charge in [0, 0.05) is 17.8 Å². The second kappa shape index (κ2) is 5.69. The maximum absolute atomic E-state index is 12.0. The lowest BCUT2D eigenvalue weighted by Gasteiger charge is -2.14. The van der Waals surface area contributed by atoms with Gasteiger partial charge in [0.05, 0.1) is 11.7 Å². The summed E-state index contributed by atoms with van der Waals surface area (Å²) in [6.45, 7) is 5.97. The van der Waals surface area contributed by atoms with Gasteiger partial charge in [0.25, 0.3) is 0 Å². The Balaban J connectivity index is 1.97. The van der Waals surface area contributed by atoms with E-state index in [2.05, 4.69) is 10.4 Å². The van der Waals surface area contributed by atoms with Crippen molar-refractivity contribution in [2.75, 3.05) is 5.32 Å². The van der Waals surface area contributed by atoms with E-state index in [-0.39, 0.29) is 11.9 Å². The van der Waals surface area contributed by atoms with E-state index in [9.17, 15) is 4.79 Å². The average molecular weight is 257 g/mol. The Morgan fingerprint density at radius 3 is 2.58 bits per heavy atom. The standard InChI is InChI=1S/C15H19N3O/c1-11-9-12(2)18(17-11)13(3)10-15(19)16-14-7-5-4-6-8-14/h4-9,13H,10H2,1-3H3,(H,16,19). The topological polar surface area (TPSA) is 46.9 Å². The van der Waals surface area contributed by atoms with E-state index < -0.39 is 0 Å². The number of amides is 1. The molecule has 19 heavy (non-hydrogen) atoms. The summed E-state index contributed by atoms with van der Waals surface area (Å²) < 4.78 is 1.90. The van der Waals surface area contributed by atoms with Gasteiger partial charge in [-0.1, -0.05) is 18.2 Å². The fourth-order valence-corrected chi connectivity index (χ4v) is 2.18. The molecular weight excluding hydrogens is 238 g/mol. The van der Waals surface area contributed by atoms with Gasteiger partial charge in [-0.2, -0.15) is 5.10 Å². The van der Waals surface area contributed by atoms with E-state index >= 15 is 0 Å². The Kier molecular flexibility index (Phi) is 4.00. The highest BCUT2D eigenvalue weighted by molar-refractivity contribution is 5.90. The number of anilines is 1. The fourth-order valence-electron chi connectivity index (χ4n) is 2.18. The number of carbonyl (C=O) groups is 1. The van der Waals surface area contributed by atoms with Crippen molar-refractivity contribution >= 4 is 11.6 Å². The monoisotopic (exact) mass is 257 g/mol. The molecule has 0 aliphatic rings. The predicted molar refractivity (Wildman–Crippen MR) is 76.1 cm³/mol. The summed E-state index contributed by atoms with van der Waals surface area (Å²) in [5, 5.41) is 7.30. The van der Waals surface area contributed by atoms with Crippen molar-refractivity contribution in [2.45, 2.75) is 33.2 Å². The van der Waals surface area contributed by atoms with Gasteiger partial charge in [-0.25, -0.2) is 0 Å². The molecule has 0 aliphatic carbocycles. The van der Waals surface area contributed by atoms with Crippen LogP contribution < -0.4 is 5.32 Å². The summed E-state index contributed by atoms with van der Waals surface area (Å²) in [6.07, 6.45) is 0.414. The summed E-state index contributed by atoms with van der Waals surface area (Å²) in [5.41, 5.74) is 2.89. The van der Waals surface area contributed by atoms with E-state index in [1.54, 1.807) is 0 Å². The molecule has 1 N–H and O–H groups in total. The molecule has 0 bridgehead atoms. The van der Waals surface area contributed by atoms with Gasteiger partial charge in [-0.15, -0.1) is 0 Å². The number of hydrogen-bond acceptors (Lipinski definition) is 2. The van der Waals surface area contributed by atoms with Crippen molar-refractivity contribution < 1.29 is 4.79 Å². The van der Waals surface area contributed by atoms with Crippen molar-refractivity contribution in [3.8, 4) is 0 Å². The molecule has 2 rings (SSSR count). The molecule has 1 aromatic heterocycles. The number of aryl methyl sites for hydroxylation is 2. The van der Waals surface area contributed by atoms with Crippen LogP contribution in [0.3, 0.4) is 0 Å². The van der Waals surface area contributed by atoms with Gasteiger partial charge in [0.2, 0.25) is 5.91 Å². The highest BCUT2D eigenvalue weighted by atomic mass is 16.1. The first-order chi connectivity index (χ1) is 9.06. The number of carbonyl (C=O) groups excluding carboxylic acids is 1. The van der Waals surface area contributed by atoms with Crippen LogP contribution in [0.2, 0.25) is 0 Å².